The highest BCUT2D eigenvalue weighted by Gasteiger charge is 2.31. The maximum Gasteiger partial charge on any atom is 0.441 e. The Morgan fingerprint density at radius 2 is 1.92 bits per heavy atom. The van der Waals surface area contributed by atoms with Crippen molar-refractivity contribution in [2.24, 2.45) is 4.99 Å². The summed E-state index contributed by atoms with van der Waals surface area (Å²) in [6.07, 6.45) is 1.38. The molecule has 1 amide bonds. The zero-order chi connectivity index (χ0) is 17.6. The maximum atomic E-state index is 12.3. The number of nitrogens with zero attached hydrogens (tertiary/aromatic N) is 3. The molecule has 0 aromatic heterocycles. The van der Waals surface area contributed by atoms with Crippen LogP contribution < -0.4 is 5.32 Å². The molecule has 2 rings (SSSR count). The van der Waals surface area contributed by atoms with Crippen molar-refractivity contribution in [3.05, 3.63) is 0 Å². The van der Waals surface area contributed by atoms with E-state index in [9.17, 15) is 18.0 Å². The molecular formula is C14H24F3IN4O2S. The van der Waals surface area contributed by atoms with Crippen molar-refractivity contribution < 1.29 is 22.7 Å². The first-order valence-corrected chi connectivity index (χ1v) is 8.96. The standard InChI is InChI=1S/C14H23F3N4O2S.HI/c1-18-13(19-4-10-24-14(15,16)17)21-7-5-20(6-8-21)12(22)11-3-2-9-23-11;/h11H,2-10H2,1H3,(H,18,19);1H. The monoisotopic (exact) mass is 496 g/mol. The fraction of sp³-hybridized carbons (Fsp3) is 0.857. The number of hydrogen-bond acceptors (Lipinski definition) is 4. The SMILES string of the molecule is CN=C(NCCSC(F)(F)F)N1CCN(C(=O)C2CCCO2)CC1.I. The van der Waals surface area contributed by atoms with Crippen molar-refractivity contribution >= 4 is 47.6 Å². The van der Waals surface area contributed by atoms with E-state index in [1.165, 1.54) is 0 Å². The molecule has 2 saturated heterocycles. The maximum absolute atomic E-state index is 12.3. The summed E-state index contributed by atoms with van der Waals surface area (Å²) in [5.74, 6) is 0.540. The average molecular weight is 496 g/mol. The van der Waals surface area contributed by atoms with Crippen LogP contribution in [0.1, 0.15) is 12.8 Å². The van der Waals surface area contributed by atoms with Crippen LogP contribution in [0.4, 0.5) is 13.2 Å². The van der Waals surface area contributed by atoms with Gasteiger partial charge in [0.15, 0.2) is 5.96 Å². The number of rotatable bonds is 4. The molecule has 0 radical (unpaired) electrons. The van der Waals surface area contributed by atoms with Crippen LogP contribution in [0.2, 0.25) is 0 Å². The highest BCUT2D eigenvalue weighted by Crippen LogP contribution is 2.29. The van der Waals surface area contributed by atoms with E-state index < -0.39 is 5.51 Å². The lowest BCUT2D eigenvalue weighted by atomic mass is 10.2. The third kappa shape index (κ3) is 7.37. The van der Waals surface area contributed by atoms with Gasteiger partial charge in [0.2, 0.25) is 0 Å². The topological polar surface area (TPSA) is 57.2 Å². The lowest BCUT2D eigenvalue weighted by molar-refractivity contribution is -0.142. The summed E-state index contributed by atoms with van der Waals surface area (Å²) in [7, 11) is 1.60. The molecule has 2 fully saturated rings. The van der Waals surface area contributed by atoms with E-state index in [0.29, 0.717) is 38.7 Å². The number of carbonyl (C=O) groups excluding carboxylic acids is 1. The second-order valence-electron chi connectivity index (χ2n) is 5.58. The quantitative estimate of drug-likeness (QED) is 0.278. The minimum atomic E-state index is -4.21. The molecule has 0 aliphatic carbocycles. The van der Waals surface area contributed by atoms with Crippen LogP contribution >= 0.6 is 35.7 Å². The fourth-order valence-electron chi connectivity index (χ4n) is 2.78. The van der Waals surface area contributed by atoms with E-state index >= 15 is 0 Å². The van der Waals surface area contributed by atoms with E-state index in [1.807, 2.05) is 4.90 Å². The number of ether oxygens (including phenoxy) is 1. The number of alkyl halides is 3. The van der Waals surface area contributed by atoms with Crippen molar-refractivity contribution in [2.45, 2.75) is 24.5 Å². The van der Waals surface area contributed by atoms with Crippen LogP contribution in [0.5, 0.6) is 0 Å². The van der Waals surface area contributed by atoms with Gasteiger partial charge in [-0.15, -0.1) is 24.0 Å². The van der Waals surface area contributed by atoms with Crippen LogP contribution in [-0.2, 0) is 9.53 Å². The normalized spacial score (nSPS) is 21.9. The number of thioether (sulfide) groups is 1. The summed E-state index contributed by atoms with van der Waals surface area (Å²) in [6.45, 7) is 3.16. The Hall–Kier alpha value is -0.430. The van der Waals surface area contributed by atoms with Gasteiger partial charge in [-0.3, -0.25) is 9.79 Å². The minimum Gasteiger partial charge on any atom is -0.368 e. The first-order chi connectivity index (χ1) is 11.4. The Bertz CT molecular complexity index is 454. The van der Waals surface area contributed by atoms with E-state index in [2.05, 4.69) is 10.3 Å². The first-order valence-electron chi connectivity index (χ1n) is 7.97. The summed E-state index contributed by atoms with van der Waals surface area (Å²) in [4.78, 5) is 20.1. The molecular weight excluding hydrogens is 472 g/mol. The van der Waals surface area contributed by atoms with Gasteiger partial charge in [-0.1, -0.05) is 0 Å². The molecule has 0 saturated carbocycles. The largest absolute Gasteiger partial charge is 0.441 e. The third-order valence-electron chi connectivity index (χ3n) is 3.96. The number of hydrogen-bond donors (Lipinski definition) is 1. The summed E-state index contributed by atoms with van der Waals surface area (Å²) < 4.78 is 41.8. The van der Waals surface area contributed by atoms with Gasteiger partial charge < -0.3 is 19.9 Å². The molecule has 0 aromatic carbocycles. The molecule has 1 N–H and O–H groups in total. The number of guanidine groups is 1. The van der Waals surface area contributed by atoms with Gasteiger partial charge in [0, 0.05) is 52.1 Å². The van der Waals surface area contributed by atoms with Gasteiger partial charge in [-0.05, 0) is 24.6 Å². The van der Waals surface area contributed by atoms with Crippen molar-refractivity contribution in [1.29, 1.82) is 0 Å². The van der Waals surface area contributed by atoms with Crippen molar-refractivity contribution in [3.63, 3.8) is 0 Å². The average Bonchev–Trinajstić information content (AvgIpc) is 3.08. The predicted octanol–water partition coefficient (Wildman–Crippen LogP) is 1.76. The molecule has 1 unspecified atom stereocenters. The molecule has 0 bridgehead atoms. The smallest absolute Gasteiger partial charge is 0.368 e. The van der Waals surface area contributed by atoms with Gasteiger partial charge >= 0.3 is 5.51 Å². The molecule has 146 valence electrons. The number of carbonyl (C=O) groups is 1. The molecule has 11 heteroatoms. The zero-order valence-electron chi connectivity index (χ0n) is 14.0. The number of amides is 1. The predicted molar refractivity (Wildman–Crippen MR) is 102 cm³/mol. The molecule has 25 heavy (non-hydrogen) atoms. The number of aliphatic imine (C=N–C) groups is 1. The lowest BCUT2D eigenvalue weighted by Crippen LogP contribution is -2.55. The van der Waals surface area contributed by atoms with Crippen LogP contribution in [0.3, 0.4) is 0 Å². The second-order valence-corrected chi connectivity index (χ2v) is 6.74. The van der Waals surface area contributed by atoms with Crippen LogP contribution in [0, 0.1) is 0 Å². The highest BCUT2D eigenvalue weighted by atomic mass is 127. The number of nitrogens with one attached hydrogen (secondary N) is 1. The Morgan fingerprint density at radius 1 is 1.28 bits per heavy atom. The van der Waals surface area contributed by atoms with Gasteiger partial charge in [0.1, 0.15) is 6.10 Å². The van der Waals surface area contributed by atoms with E-state index in [4.69, 9.17) is 4.74 Å². The molecule has 2 aliphatic rings. The Morgan fingerprint density at radius 3 is 2.44 bits per heavy atom. The molecule has 6 nitrogen and oxygen atoms in total. The van der Waals surface area contributed by atoms with Gasteiger partial charge in [0.25, 0.3) is 5.91 Å². The van der Waals surface area contributed by atoms with Crippen molar-refractivity contribution in [3.8, 4) is 0 Å². The number of piperazine rings is 1. The van der Waals surface area contributed by atoms with Crippen molar-refractivity contribution in [1.82, 2.24) is 15.1 Å². The van der Waals surface area contributed by atoms with E-state index in [-0.39, 0.29) is 60.0 Å². The molecule has 0 spiro atoms. The Balaban J connectivity index is 0.00000312. The second kappa shape index (κ2) is 10.7. The first kappa shape index (κ1) is 22.6. The van der Waals surface area contributed by atoms with Crippen LogP contribution in [-0.4, -0.2) is 85.4 Å². The van der Waals surface area contributed by atoms with Crippen molar-refractivity contribution in [2.75, 3.05) is 52.1 Å². The third-order valence-corrected chi connectivity index (χ3v) is 4.69. The van der Waals surface area contributed by atoms with E-state index in [0.717, 1.165) is 12.8 Å². The summed E-state index contributed by atoms with van der Waals surface area (Å²) in [6, 6.07) is 0. The van der Waals surface area contributed by atoms with E-state index in [1.54, 1.807) is 11.9 Å². The molecule has 1 atom stereocenters. The van der Waals surface area contributed by atoms with Crippen LogP contribution in [0.25, 0.3) is 0 Å². The fourth-order valence-corrected chi connectivity index (χ4v) is 3.21. The lowest BCUT2D eigenvalue weighted by Gasteiger charge is -2.37. The molecule has 2 heterocycles. The Labute approximate surface area is 166 Å². The summed E-state index contributed by atoms with van der Waals surface area (Å²) >= 11 is -0.0517. The number of halogens is 4. The molecule has 0 aromatic rings. The Kier molecular flexibility index (Phi) is 9.64. The van der Waals surface area contributed by atoms with Gasteiger partial charge in [0.05, 0.1) is 0 Å². The molecule has 2 aliphatic heterocycles. The zero-order valence-corrected chi connectivity index (χ0v) is 17.2. The highest BCUT2D eigenvalue weighted by molar-refractivity contribution is 14.0. The van der Waals surface area contributed by atoms with Gasteiger partial charge in [-0.25, -0.2) is 0 Å². The van der Waals surface area contributed by atoms with Crippen LogP contribution in [0.15, 0.2) is 4.99 Å². The van der Waals surface area contributed by atoms with Gasteiger partial charge in [-0.2, -0.15) is 13.2 Å². The summed E-state index contributed by atoms with van der Waals surface area (Å²) in [5.41, 5.74) is -4.21. The summed E-state index contributed by atoms with van der Waals surface area (Å²) in [5, 5.41) is 2.94. The minimum absolute atomic E-state index is 0.